The molecule has 0 bridgehead atoms. The van der Waals surface area contributed by atoms with Gasteiger partial charge >= 0.3 is 0 Å². The van der Waals surface area contributed by atoms with Crippen molar-refractivity contribution in [3.8, 4) is 0 Å². The molecule has 0 aliphatic heterocycles. The van der Waals surface area contributed by atoms with Crippen molar-refractivity contribution in [1.29, 1.82) is 0 Å². The average molecular weight is 370 g/mol. The van der Waals surface area contributed by atoms with Gasteiger partial charge < -0.3 is 15.1 Å². The van der Waals surface area contributed by atoms with Crippen molar-refractivity contribution in [3.05, 3.63) is 64.5 Å². The quantitative estimate of drug-likeness (QED) is 0.635. The molecule has 3 rings (SSSR count). The molecule has 3 aromatic rings. The van der Waals surface area contributed by atoms with E-state index in [1.165, 1.54) is 11.3 Å². The number of rotatable bonds is 8. The van der Waals surface area contributed by atoms with Gasteiger partial charge in [0.25, 0.3) is 5.91 Å². The van der Waals surface area contributed by atoms with E-state index in [-0.39, 0.29) is 11.8 Å². The molecule has 0 atom stereocenters. The van der Waals surface area contributed by atoms with Crippen LogP contribution < -0.4 is 10.6 Å². The van der Waals surface area contributed by atoms with E-state index in [1.807, 2.05) is 24.3 Å². The number of nitrogens with one attached hydrogen (secondary N) is 2. The molecule has 134 valence electrons. The van der Waals surface area contributed by atoms with Crippen LogP contribution in [0.3, 0.4) is 0 Å². The van der Waals surface area contributed by atoms with Gasteiger partial charge in [0.05, 0.1) is 12.8 Å². The minimum Gasteiger partial charge on any atom is -0.467 e. The third-order valence-electron chi connectivity index (χ3n) is 3.53. The first kappa shape index (κ1) is 17.8. The summed E-state index contributed by atoms with van der Waals surface area (Å²) >= 11 is 1.24. The molecule has 0 radical (unpaired) electrons. The maximum absolute atomic E-state index is 12.1. The van der Waals surface area contributed by atoms with E-state index >= 15 is 0 Å². The highest BCUT2D eigenvalue weighted by molar-refractivity contribution is 7.13. The molecule has 0 spiro atoms. The number of carbonyl (C=O) groups excluding carboxylic acids is 2. The Labute approximate surface area is 154 Å². The van der Waals surface area contributed by atoms with Crippen LogP contribution in [0, 0.1) is 0 Å². The minimum absolute atomic E-state index is 0.0482. The molecule has 1 aromatic carbocycles. The molecular weight excluding hydrogens is 352 g/mol. The van der Waals surface area contributed by atoms with E-state index in [1.54, 1.807) is 24.5 Å². The molecule has 0 saturated heterocycles. The van der Waals surface area contributed by atoms with Gasteiger partial charge in [-0.1, -0.05) is 29.5 Å². The van der Waals surface area contributed by atoms with Gasteiger partial charge in [-0.15, -0.1) is 10.2 Å². The standard InChI is InChI=1S/C18H18N4O3S/c23-15(19-12-14-8-5-11-25-14)9-4-10-16-21-22-18(26-16)17(24)20-13-6-2-1-3-7-13/h1-3,5-8,11H,4,9-10,12H2,(H,19,23)(H,20,24). The summed E-state index contributed by atoms with van der Waals surface area (Å²) in [6, 6.07) is 12.8. The molecule has 26 heavy (non-hydrogen) atoms. The van der Waals surface area contributed by atoms with Gasteiger partial charge in [0, 0.05) is 18.5 Å². The molecule has 7 nitrogen and oxygen atoms in total. The first-order valence-electron chi connectivity index (χ1n) is 8.18. The topological polar surface area (TPSA) is 97.1 Å². The average Bonchev–Trinajstić information content (AvgIpc) is 3.33. The third-order valence-corrected chi connectivity index (χ3v) is 4.51. The Balaban J connectivity index is 1.40. The van der Waals surface area contributed by atoms with Crippen LogP contribution in [-0.4, -0.2) is 22.0 Å². The van der Waals surface area contributed by atoms with E-state index in [9.17, 15) is 9.59 Å². The lowest BCUT2D eigenvalue weighted by molar-refractivity contribution is -0.121. The van der Waals surface area contributed by atoms with Crippen molar-refractivity contribution in [3.63, 3.8) is 0 Å². The lowest BCUT2D eigenvalue weighted by Crippen LogP contribution is -2.22. The van der Waals surface area contributed by atoms with E-state index in [4.69, 9.17) is 4.42 Å². The first-order chi connectivity index (χ1) is 12.7. The summed E-state index contributed by atoms with van der Waals surface area (Å²) in [7, 11) is 0. The van der Waals surface area contributed by atoms with Gasteiger partial charge in [-0.3, -0.25) is 9.59 Å². The van der Waals surface area contributed by atoms with Crippen molar-refractivity contribution >= 4 is 28.8 Å². The second kappa shape index (κ2) is 8.91. The second-order valence-corrected chi connectivity index (χ2v) is 6.59. The number of amides is 2. The van der Waals surface area contributed by atoms with E-state index in [0.29, 0.717) is 36.5 Å². The fraction of sp³-hybridized carbons (Fsp3) is 0.222. The largest absolute Gasteiger partial charge is 0.467 e. The normalized spacial score (nSPS) is 10.5. The number of carbonyl (C=O) groups is 2. The maximum Gasteiger partial charge on any atom is 0.286 e. The third kappa shape index (κ3) is 5.25. The molecule has 2 N–H and O–H groups in total. The minimum atomic E-state index is -0.281. The van der Waals surface area contributed by atoms with Crippen molar-refractivity contribution in [1.82, 2.24) is 15.5 Å². The van der Waals surface area contributed by atoms with Gasteiger partial charge in [0.1, 0.15) is 10.8 Å². The Morgan fingerprint density at radius 3 is 2.69 bits per heavy atom. The number of para-hydroxylation sites is 1. The molecular formula is C18H18N4O3S. The predicted molar refractivity (Wildman–Crippen MR) is 97.8 cm³/mol. The van der Waals surface area contributed by atoms with Crippen LogP contribution >= 0.6 is 11.3 Å². The lowest BCUT2D eigenvalue weighted by Gasteiger charge is -2.02. The number of furan rings is 1. The highest BCUT2D eigenvalue weighted by Gasteiger charge is 2.13. The number of benzene rings is 1. The first-order valence-corrected chi connectivity index (χ1v) is 9.00. The summed E-state index contributed by atoms with van der Waals surface area (Å²) in [5.74, 6) is 0.389. The summed E-state index contributed by atoms with van der Waals surface area (Å²) in [5.41, 5.74) is 0.711. The Bertz CT molecular complexity index is 846. The van der Waals surface area contributed by atoms with Crippen molar-refractivity contribution < 1.29 is 14.0 Å². The molecule has 2 heterocycles. The van der Waals surface area contributed by atoms with Crippen LogP contribution in [-0.2, 0) is 17.8 Å². The van der Waals surface area contributed by atoms with Crippen LogP contribution in [0.15, 0.2) is 53.1 Å². The zero-order chi connectivity index (χ0) is 18.2. The Morgan fingerprint density at radius 1 is 1.08 bits per heavy atom. The Hall–Kier alpha value is -3.00. The molecule has 0 aliphatic carbocycles. The van der Waals surface area contributed by atoms with Gasteiger partial charge in [-0.2, -0.15) is 0 Å². The molecule has 2 amide bonds. The lowest BCUT2D eigenvalue weighted by atomic mass is 10.2. The summed E-state index contributed by atoms with van der Waals surface area (Å²) in [4.78, 5) is 23.9. The monoisotopic (exact) mass is 370 g/mol. The highest BCUT2D eigenvalue weighted by atomic mass is 32.1. The number of aryl methyl sites for hydroxylation is 1. The van der Waals surface area contributed by atoms with E-state index in [0.717, 1.165) is 10.8 Å². The predicted octanol–water partition coefficient (Wildman–Crippen LogP) is 3.02. The summed E-state index contributed by atoms with van der Waals surface area (Å²) < 4.78 is 5.16. The Morgan fingerprint density at radius 2 is 1.92 bits per heavy atom. The van der Waals surface area contributed by atoms with Crippen molar-refractivity contribution in [2.75, 3.05) is 5.32 Å². The van der Waals surface area contributed by atoms with Gasteiger partial charge in [0.15, 0.2) is 0 Å². The van der Waals surface area contributed by atoms with Crippen LogP contribution in [0.25, 0.3) is 0 Å². The molecule has 0 aliphatic rings. The zero-order valence-electron chi connectivity index (χ0n) is 14.0. The van der Waals surface area contributed by atoms with Crippen molar-refractivity contribution in [2.45, 2.75) is 25.8 Å². The number of nitrogens with zero attached hydrogens (tertiary/aromatic N) is 2. The maximum atomic E-state index is 12.1. The highest BCUT2D eigenvalue weighted by Crippen LogP contribution is 2.15. The van der Waals surface area contributed by atoms with Crippen molar-refractivity contribution in [2.24, 2.45) is 0 Å². The number of aromatic nitrogens is 2. The van der Waals surface area contributed by atoms with E-state index in [2.05, 4.69) is 20.8 Å². The van der Waals surface area contributed by atoms with Gasteiger partial charge in [-0.25, -0.2) is 0 Å². The smallest absolute Gasteiger partial charge is 0.286 e. The SMILES string of the molecule is O=C(CCCc1nnc(C(=O)Nc2ccccc2)s1)NCc1ccco1. The summed E-state index contributed by atoms with van der Waals surface area (Å²) in [5, 5.41) is 14.6. The number of hydrogen-bond donors (Lipinski definition) is 2. The molecule has 2 aromatic heterocycles. The zero-order valence-corrected chi connectivity index (χ0v) is 14.8. The fourth-order valence-corrected chi connectivity index (χ4v) is 3.02. The van der Waals surface area contributed by atoms with Crippen LogP contribution in [0.1, 0.15) is 33.4 Å². The van der Waals surface area contributed by atoms with Crippen LogP contribution in [0.5, 0.6) is 0 Å². The van der Waals surface area contributed by atoms with Crippen LogP contribution in [0.4, 0.5) is 5.69 Å². The van der Waals surface area contributed by atoms with E-state index < -0.39 is 0 Å². The van der Waals surface area contributed by atoms with Gasteiger partial charge in [0.2, 0.25) is 10.9 Å². The van der Waals surface area contributed by atoms with Crippen LogP contribution in [0.2, 0.25) is 0 Å². The molecule has 0 unspecified atom stereocenters. The number of hydrogen-bond acceptors (Lipinski definition) is 6. The fourth-order valence-electron chi connectivity index (χ4n) is 2.24. The van der Waals surface area contributed by atoms with Gasteiger partial charge in [-0.05, 0) is 30.7 Å². The number of anilines is 1. The summed E-state index contributed by atoms with van der Waals surface area (Å²) in [6.45, 7) is 0.383. The molecule has 0 fully saturated rings. The second-order valence-electron chi connectivity index (χ2n) is 5.53. The molecule has 0 saturated carbocycles. The summed E-state index contributed by atoms with van der Waals surface area (Å²) in [6.07, 6.45) is 3.19. The molecule has 8 heteroatoms. The Kier molecular flexibility index (Phi) is 6.10.